The van der Waals surface area contributed by atoms with E-state index in [0.717, 1.165) is 22.9 Å². The summed E-state index contributed by atoms with van der Waals surface area (Å²) < 4.78 is 6.06. The number of ether oxygens (including phenoxy) is 1. The van der Waals surface area contributed by atoms with Crippen LogP contribution in [0.5, 0.6) is 0 Å². The number of carbonyl (C=O) groups is 1. The minimum Gasteiger partial charge on any atom is -0.444 e. The molecular formula is C14H21BrN2O2. The SMILES string of the molecule is CC(C)(C)OC(=O)Nc1cc(CCCN)ccc1Br. The third kappa shape index (κ3) is 6.07. The van der Waals surface area contributed by atoms with Crippen LogP contribution in [-0.4, -0.2) is 18.2 Å². The number of hydrogen-bond acceptors (Lipinski definition) is 3. The van der Waals surface area contributed by atoms with Crippen LogP contribution in [0.1, 0.15) is 32.8 Å². The summed E-state index contributed by atoms with van der Waals surface area (Å²) in [7, 11) is 0. The molecule has 4 nitrogen and oxygen atoms in total. The van der Waals surface area contributed by atoms with E-state index in [1.54, 1.807) is 0 Å². The molecule has 0 saturated carbocycles. The van der Waals surface area contributed by atoms with Crippen molar-refractivity contribution in [3.05, 3.63) is 28.2 Å². The Morgan fingerprint density at radius 1 is 1.42 bits per heavy atom. The van der Waals surface area contributed by atoms with Crippen LogP contribution in [0.2, 0.25) is 0 Å². The predicted molar refractivity (Wildman–Crippen MR) is 81.4 cm³/mol. The summed E-state index contributed by atoms with van der Waals surface area (Å²) in [6, 6.07) is 5.86. The zero-order chi connectivity index (χ0) is 14.5. The molecule has 1 rings (SSSR count). The van der Waals surface area contributed by atoms with E-state index in [1.807, 2.05) is 39.0 Å². The largest absolute Gasteiger partial charge is 0.444 e. The van der Waals surface area contributed by atoms with E-state index in [4.69, 9.17) is 10.5 Å². The van der Waals surface area contributed by atoms with E-state index in [1.165, 1.54) is 0 Å². The summed E-state index contributed by atoms with van der Waals surface area (Å²) in [6.45, 7) is 6.16. The van der Waals surface area contributed by atoms with Crippen LogP contribution < -0.4 is 11.1 Å². The van der Waals surface area contributed by atoms with Gasteiger partial charge in [0.1, 0.15) is 5.60 Å². The van der Waals surface area contributed by atoms with Gasteiger partial charge in [0, 0.05) is 4.47 Å². The first-order valence-electron chi connectivity index (χ1n) is 6.30. The first-order chi connectivity index (χ1) is 8.81. The van der Waals surface area contributed by atoms with Gasteiger partial charge in [-0.15, -0.1) is 0 Å². The van der Waals surface area contributed by atoms with Gasteiger partial charge in [0.2, 0.25) is 0 Å². The molecule has 0 aliphatic carbocycles. The average molecular weight is 329 g/mol. The third-order valence-electron chi connectivity index (χ3n) is 2.34. The Kier molecular flexibility index (Phi) is 5.82. The van der Waals surface area contributed by atoms with Crippen molar-refractivity contribution in [2.75, 3.05) is 11.9 Å². The van der Waals surface area contributed by atoms with Crippen molar-refractivity contribution in [3.8, 4) is 0 Å². The Labute approximate surface area is 122 Å². The Morgan fingerprint density at radius 2 is 2.11 bits per heavy atom. The highest BCUT2D eigenvalue weighted by molar-refractivity contribution is 9.10. The van der Waals surface area contributed by atoms with Gasteiger partial charge < -0.3 is 10.5 Å². The molecule has 5 heteroatoms. The van der Waals surface area contributed by atoms with Crippen LogP contribution in [0.3, 0.4) is 0 Å². The maximum Gasteiger partial charge on any atom is 0.412 e. The summed E-state index contributed by atoms with van der Waals surface area (Å²) in [6.07, 6.45) is 1.37. The van der Waals surface area contributed by atoms with Gasteiger partial charge in [0.05, 0.1) is 5.69 Å². The lowest BCUT2D eigenvalue weighted by Crippen LogP contribution is -2.27. The molecule has 0 aliphatic rings. The minimum absolute atomic E-state index is 0.454. The monoisotopic (exact) mass is 328 g/mol. The number of nitrogens with two attached hydrogens (primary N) is 1. The quantitative estimate of drug-likeness (QED) is 0.885. The lowest BCUT2D eigenvalue weighted by molar-refractivity contribution is 0.0636. The summed E-state index contributed by atoms with van der Waals surface area (Å²) >= 11 is 3.41. The second-order valence-corrected chi connectivity index (χ2v) is 6.19. The number of rotatable bonds is 4. The van der Waals surface area contributed by atoms with Crippen LogP contribution >= 0.6 is 15.9 Å². The highest BCUT2D eigenvalue weighted by Gasteiger charge is 2.17. The van der Waals surface area contributed by atoms with Crippen LogP contribution in [0.4, 0.5) is 10.5 Å². The van der Waals surface area contributed by atoms with Gasteiger partial charge >= 0.3 is 6.09 Å². The molecule has 0 bridgehead atoms. The Morgan fingerprint density at radius 3 is 2.68 bits per heavy atom. The number of amides is 1. The van der Waals surface area contributed by atoms with Crippen LogP contribution in [0, 0.1) is 0 Å². The molecule has 19 heavy (non-hydrogen) atoms. The number of hydrogen-bond donors (Lipinski definition) is 2. The van der Waals surface area contributed by atoms with Crippen LogP contribution in [-0.2, 0) is 11.2 Å². The predicted octanol–water partition coefficient (Wildman–Crippen LogP) is 3.69. The summed E-state index contributed by atoms with van der Waals surface area (Å²) in [5.41, 5.74) is 6.84. The number of halogens is 1. The summed E-state index contributed by atoms with van der Waals surface area (Å²) in [5, 5.41) is 2.74. The molecule has 0 aliphatic heterocycles. The second-order valence-electron chi connectivity index (χ2n) is 5.33. The number of nitrogens with one attached hydrogen (secondary N) is 1. The van der Waals surface area contributed by atoms with Crippen LogP contribution in [0.25, 0.3) is 0 Å². The average Bonchev–Trinajstić information content (AvgIpc) is 2.27. The third-order valence-corrected chi connectivity index (χ3v) is 3.03. The van der Waals surface area contributed by atoms with E-state index in [-0.39, 0.29) is 0 Å². The number of aryl methyl sites for hydroxylation is 1. The highest BCUT2D eigenvalue weighted by Crippen LogP contribution is 2.25. The van der Waals surface area contributed by atoms with Gasteiger partial charge in [-0.25, -0.2) is 4.79 Å². The van der Waals surface area contributed by atoms with E-state index in [9.17, 15) is 4.79 Å². The first-order valence-corrected chi connectivity index (χ1v) is 7.09. The number of carbonyl (C=O) groups excluding carboxylic acids is 1. The molecule has 3 N–H and O–H groups in total. The van der Waals surface area contributed by atoms with Gasteiger partial charge in [-0.3, -0.25) is 5.32 Å². The molecular weight excluding hydrogens is 308 g/mol. The second kappa shape index (κ2) is 6.91. The maximum absolute atomic E-state index is 11.7. The molecule has 1 amide bonds. The molecule has 0 radical (unpaired) electrons. The van der Waals surface area contributed by atoms with E-state index in [0.29, 0.717) is 12.2 Å². The van der Waals surface area contributed by atoms with Gasteiger partial charge in [0.25, 0.3) is 0 Å². The van der Waals surface area contributed by atoms with Crippen molar-refractivity contribution in [1.82, 2.24) is 0 Å². The molecule has 0 spiro atoms. The standard InChI is InChI=1S/C14H21BrN2O2/c1-14(2,3)19-13(18)17-12-9-10(5-4-8-16)6-7-11(12)15/h6-7,9H,4-5,8,16H2,1-3H3,(H,17,18). The molecule has 1 aromatic rings. The fourth-order valence-corrected chi connectivity index (χ4v) is 1.89. The molecule has 0 atom stereocenters. The lowest BCUT2D eigenvalue weighted by atomic mass is 10.1. The zero-order valence-corrected chi connectivity index (χ0v) is 13.2. The van der Waals surface area contributed by atoms with E-state index >= 15 is 0 Å². The molecule has 0 heterocycles. The van der Waals surface area contributed by atoms with E-state index < -0.39 is 11.7 Å². The van der Waals surface area contributed by atoms with Crippen molar-refractivity contribution in [3.63, 3.8) is 0 Å². The Balaban J connectivity index is 2.73. The minimum atomic E-state index is -0.506. The molecule has 0 unspecified atom stereocenters. The van der Waals surface area contributed by atoms with Crippen molar-refractivity contribution < 1.29 is 9.53 Å². The first kappa shape index (κ1) is 16.0. The van der Waals surface area contributed by atoms with Gasteiger partial charge in [0.15, 0.2) is 0 Å². The number of anilines is 1. The van der Waals surface area contributed by atoms with Gasteiger partial charge in [-0.1, -0.05) is 6.07 Å². The van der Waals surface area contributed by atoms with Crippen molar-refractivity contribution >= 4 is 27.7 Å². The molecule has 0 aromatic heterocycles. The fourth-order valence-electron chi connectivity index (χ4n) is 1.54. The molecule has 1 aromatic carbocycles. The van der Waals surface area contributed by atoms with E-state index in [2.05, 4.69) is 21.2 Å². The molecule has 106 valence electrons. The molecule has 0 fully saturated rings. The number of benzene rings is 1. The van der Waals surface area contributed by atoms with Crippen LogP contribution in [0.15, 0.2) is 22.7 Å². The lowest BCUT2D eigenvalue weighted by Gasteiger charge is -2.20. The summed E-state index contributed by atoms with van der Waals surface area (Å²) in [4.78, 5) is 11.7. The van der Waals surface area contributed by atoms with Gasteiger partial charge in [-0.05, 0) is 73.8 Å². The smallest absolute Gasteiger partial charge is 0.412 e. The maximum atomic E-state index is 11.7. The van der Waals surface area contributed by atoms with Crippen molar-refractivity contribution in [1.29, 1.82) is 0 Å². The topological polar surface area (TPSA) is 64.3 Å². The van der Waals surface area contributed by atoms with Gasteiger partial charge in [-0.2, -0.15) is 0 Å². The highest BCUT2D eigenvalue weighted by atomic mass is 79.9. The zero-order valence-electron chi connectivity index (χ0n) is 11.6. The fraction of sp³-hybridized carbons (Fsp3) is 0.500. The van der Waals surface area contributed by atoms with Crippen molar-refractivity contribution in [2.45, 2.75) is 39.2 Å². The Bertz CT molecular complexity index is 442. The molecule has 0 saturated heterocycles. The van der Waals surface area contributed by atoms with Crippen molar-refractivity contribution in [2.24, 2.45) is 5.73 Å². The summed E-state index contributed by atoms with van der Waals surface area (Å²) in [5.74, 6) is 0. The normalized spacial score (nSPS) is 11.2. The Hall–Kier alpha value is -1.07.